The third-order valence-corrected chi connectivity index (χ3v) is 12.3. The number of nitrogens with zero attached hydrogens (tertiary/aromatic N) is 3. The molecule has 318 valence electrons. The summed E-state index contributed by atoms with van der Waals surface area (Å²) in [7, 11) is 8.76. The second-order valence-corrected chi connectivity index (χ2v) is 18.4. The number of hydrogen-bond donors (Lipinski definition) is 0. The summed E-state index contributed by atoms with van der Waals surface area (Å²) in [6, 6.07) is 8.79. The van der Waals surface area contributed by atoms with Crippen molar-refractivity contribution in [3.05, 3.63) is 35.9 Å². The van der Waals surface area contributed by atoms with E-state index >= 15 is 0 Å². The van der Waals surface area contributed by atoms with Gasteiger partial charge in [0.25, 0.3) is 0 Å². The number of Topliss-reactive ketones (excluding diaryl/α,β-unsaturated/α-hetero) is 3. The van der Waals surface area contributed by atoms with Crippen LogP contribution >= 0.6 is 0 Å². The van der Waals surface area contributed by atoms with Crippen LogP contribution in [0, 0.1) is 40.9 Å². The van der Waals surface area contributed by atoms with Gasteiger partial charge in [-0.05, 0) is 56.7 Å². The molecule has 1 aromatic carbocycles. The molecule has 10 nitrogen and oxygen atoms in total. The first-order valence-corrected chi connectivity index (χ1v) is 21.0. The predicted molar refractivity (Wildman–Crippen MR) is 224 cm³/mol. The summed E-state index contributed by atoms with van der Waals surface area (Å²) >= 11 is 0. The number of rotatable bonds is 23. The van der Waals surface area contributed by atoms with Crippen LogP contribution in [-0.4, -0.2) is 116 Å². The van der Waals surface area contributed by atoms with Gasteiger partial charge in [0.15, 0.2) is 5.78 Å². The molecule has 0 spiro atoms. The van der Waals surface area contributed by atoms with Crippen molar-refractivity contribution in [3.63, 3.8) is 0 Å². The van der Waals surface area contributed by atoms with E-state index in [1.165, 1.54) is 0 Å². The third-order valence-electron chi connectivity index (χ3n) is 12.3. The van der Waals surface area contributed by atoms with Gasteiger partial charge in [0.1, 0.15) is 11.6 Å². The van der Waals surface area contributed by atoms with Gasteiger partial charge < -0.3 is 19.3 Å². The van der Waals surface area contributed by atoms with Crippen LogP contribution in [0.3, 0.4) is 0 Å². The lowest BCUT2D eigenvalue weighted by molar-refractivity contribution is -0.149. The fourth-order valence-corrected chi connectivity index (χ4v) is 9.00. The summed E-state index contributed by atoms with van der Waals surface area (Å²) in [5, 5.41) is 0. The Kier molecular flexibility index (Phi) is 19.6. The van der Waals surface area contributed by atoms with Crippen molar-refractivity contribution in [1.82, 2.24) is 14.7 Å². The normalized spacial score (nSPS) is 19.3. The van der Waals surface area contributed by atoms with Crippen molar-refractivity contribution in [2.24, 2.45) is 40.9 Å². The summed E-state index contributed by atoms with van der Waals surface area (Å²) in [4.78, 5) is 75.4. The average Bonchev–Trinajstić information content (AvgIpc) is 3.62. The molecule has 1 aromatic rings. The minimum absolute atomic E-state index is 0.00813. The van der Waals surface area contributed by atoms with E-state index in [9.17, 15) is 24.0 Å². The lowest BCUT2D eigenvalue weighted by Crippen LogP contribution is -2.54. The molecule has 1 heterocycles. The zero-order valence-electron chi connectivity index (χ0n) is 37.6. The van der Waals surface area contributed by atoms with Crippen molar-refractivity contribution >= 4 is 29.2 Å². The maximum atomic E-state index is 14.3. The molecule has 56 heavy (non-hydrogen) atoms. The smallest absolute Gasteiger partial charge is 0.226 e. The van der Waals surface area contributed by atoms with Crippen molar-refractivity contribution in [2.45, 2.75) is 145 Å². The first-order chi connectivity index (χ1) is 26.1. The SMILES string of the molecule is CC[C@H](C)C([C@@H](CC(=O)N1CCCC1[C@H](OC)[C@@H](C)C(=O)C[C@@H](Cc1ccccc1)C(=O)C(C)(C)C)OC)N(C)C(=O)C(CC(=O)C(C(C)C)N(C)C)C(C)C. The quantitative estimate of drug-likeness (QED) is 0.115. The van der Waals surface area contributed by atoms with E-state index in [4.69, 9.17) is 9.47 Å². The molecule has 0 saturated carbocycles. The Morgan fingerprint density at radius 3 is 1.93 bits per heavy atom. The van der Waals surface area contributed by atoms with Crippen molar-refractivity contribution in [1.29, 1.82) is 0 Å². The highest BCUT2D eigenvalue weighted by Gasteiger charge is 2.44. The number of ketones is 3. The number of ether oxygens (including phenoxy) is 2. The van der Waals surface area contributed by atoms with E-state index in [0.717, 1.165) is 18.4 Å². The van der Waals surface area contributed by atoms with Crippen LogP contribution in [0.2, 0.25) is 0 Å². The van der Waals surface area contributed by atoms with Gasteiger partial charge in [0, 0.05) is 63.8 Å². The molecule has 0 N–H and O–H groups in total. The summed E-state index contributed by atoms with van der Waals surface area (Å²) in [5.74, 6) is -1.64. The molecule has 0 radical (unpaired) electrons. The Hall–Kier alpha value is -2.95. The molecule has 1 fully saturated rings. The zero-order valence-corrected chi connectivity index (χ0v) is 37.6. The Bertz CT molecular complexity index is 1410. The lowest BCUT2D eigenvalue weighted by Gasteiger charge is -2.41. The number of methoxy groups -OCH3 is 2. The second kappa shape index (κ2) is 22.3. The second-order valence-electron chi connectivity index (χ2n) is 18.4. The van der Waals surface area contributed by atoms with Crippen LogP contribution in [0.1, 0.15) is 113 Å². The Labute approximate surface area is 339 Å². The largest absolute Gasteiger partial charge is 0.379 e. The molecule has 9 atom stereocenters. The highest BCUT2D eigenvalue weighted by atomic mass is 16.5. The van der Waals surface area contributed by atoms with Crippen molar-refractivity contribution < 1.29 is 33.4 Å². The minimum atomic E-state index is -0.599. The number of hydrogen-bond acceptors (Lipinski definition) is 8. The number of benzene rings is 1. The number of likely N-dealkylation sites (tertiary alicyclic amines) is 1. The summed E-state index contributed by atoms with van der Waals surface area (Å²) in [6.07, 6.45) is 1.87. The monoisotopic (exact) mass is 784 g/mol. The van der Waals surface area contributed by atoms with Gasteiger partial charge in [-0.1, -0.05) is 106 Å². The molecular weight excluding hydrogens is 707 g/mol. The van der Waals surface area contributed by atoms with Gasteiger partial charge in [-0.2, -0.15) is 0 Å². The predicted octanol–water partition coefficient (Wildman–Crippen LogP) is 7.16. The number of likely N-dealkylation sites (N-methyl/N-ethyl adjacent to an activating group) is 2. The van der Waals surface area contributed by atoms with Gasteiger partial charge in [-0.25, -0.2) is 0 Å². The maximum absolute atomic E-state index is 14.3. The Morgan fingerprint density at radius 1 is 0.839 bits per heavy atom. The topological polar surface area (TPSA) is 114 Å². The molecule has 4 unspecified atom stereocenters. The van der Waals surface area contributed by atoms with E-state index in [0.29, 0.717) is 19.4 Å². The van der Waals surface area contributed by atoms with Gasteiger partial charge in [0.2, 0.25) is 11.8 Å². The summed E-state index contributed by atoms with van der Waals surface area (Å²) < 4.78 is 12.1. The third kappa shape index (κ3) is 13.0. The number of carbonyl (C=O) groups is 5. The lowest BCUT2D eigenvalue weighted by atomic mass is 9.76. The van der Waals surface area contributed by atoms with E-state index in [-0.39, 0.29) is 78.3 Å². The molecule has 0 aliphatic carbocycles. The van der Waals surface area contributed by atoms with Gasteiger partial charge >= 0.3 is 0 Å². The first-order valence-electron chi connectivity index (χ1n) is 21.0. The van der Waals surface area contributed by atoms with E-state index in [1.54, 1.807) is 26.2 Å². The van der Waals surface area contributed by atoms with Crippen LogP contribution in [0.25, 0.3) is 0 Å². The highest BCUT2D eigenvalue weighted by molar-refractivity contribution is 5.92. The highest BCUT2D eigenvalue weighted by Crippen LogP contribution is 2.33. The van der Waals surface area contributed by atoms with Gasteiger partial charge in [-0.15, -0.1) is 0 Å². The minimum Gasteiger partial charge on any atom is -0.379 e. The Balaban J connectivity index is 2.32. The molecule has 2 amide bonds. The van der Waals surface area contributed by atoms with Crippen molar-refractivity contribution in [2.75, 3.05) is 41.9 Å². The fourth-order valence-electron chi connectivity index (χ4n) is 9.00. The van der Waals surface area contributed by atoms with Crippen LogP contribution in [0.4, 0.5) is 0 Å². The van der Waals surface area contributed by atoms with Crippen LogP contribution in [-0.2, 0) is 39.9 Å². The molecule has 2 rings (SSSR count). The summed E-state index contributed by atoms with van der Waals surface area (Å²) in [5.41, 5.74) is 0.414. The number of amides is 2. The molecule has 0 aromatic heterocycles. The van der Waals surface area contributed by atoms with Crippen LogP contribution in [0.5, 0.6) is 0 Å². The van der Waals surface area contributed by atoms with E-state index in [1.807, 2.05) is 110 Å². The zero-order chi connectivity index (χ0) is 42.7. The standard InChI is InChI=1S/C46H77N3O7/c1-16-31(6)42(48(13)45(54)35(29(2)3)27-38(51)41(30(4)5)47(11)12)39(55-14)28-40(52)49-24-20-23-36(49)43(56-15)32(7)37(50)26-34(44(53)46(8,9)10)25-33-21-18-17-19-22-33/h17-19,21-22,29-32,34-36,39,41-43H,16,20,23-28H2,1-15H3/t31-,32-,34+,35?,36?,39+,41?,42?,43+/m0/s1. The Morgan fingerprint density at radius 2 is 1.45 bits per heavy atom. The van der Waals surface area contributed by atoms with Crippen molar-refractivity contribution in [3.8, 4) is 0 Å². The van der Waals surface area contributed by atoms with E-state index < -0.39 is 41.4 Å². The fraction of sp³-hybridized carbons (Fsp3) is 0.761. The van der Waals surface area contributed by atoms with Gasteiger partial charge in [-0.3, -0.25) is 28.9 Å². The van der Waals surface area contributed by atoms with Crippen LogP contribution < -0.4 is 0 Å². The molecular formula is C46H77N3O7. The average molecular weight is 784 g/mol. The van der Waals surface area contributed by atoms with E-state index in [2.05, 4.69) is 13.8 Å². The number of carbonyl (C=O) groups excluding carboxylic acids is 5. The molecule has 1 aliphatic rings. The molecule has 0 bridgehead atoms. The summed E-state index contributed by atoms with van der Waals surface area (Å²) in [6.45, 7) is 20.2. The maximum Gasteiger partial charge on any atom is 0.226 e. The molecule has 10 heteroatoms. The van der Waals surface area contributed by atoms with Crippen LogP contribution in [0.15, 0.2) is 30.3 Å². The van der Waals surface area contributed by atoms with Gasteiger partial charge in [0.05, 0.1) is 36.8 Å². The first kappa shape index (κ1) is 49.2. The molecule has 1 aliphatic heterocycles. The molecule has 1 saturated heterocycles.